The molecular formula is C23H40B2N2. The summed E-state index contributed by atoms with van der Waals surface area (Å²) in [6, 6.07) is 8.52. The van der Waals surface area contributed by atoms with E-state index in [-0.39, 0.29) is 11.1 Å². The zero-order valence-electron chi connectivity index (χ0n) is 19.3. The molecule has 0 saturated carbocycles. The number of hydrogen-bond acceptors (Lipinski definition) is 2. The van der Waals surface area contributed by atoms with Gasteiger partial charge in [-0.3, -0.25) is 9.98 Å². The van der Waals surface area contributed by atoms with Gasteiger partial charge in [-0.05, 0) is 38.8 Å². The van der Waals surface area contributed by atoms with E-state index in [4.69, 9.17) is 9.98 Å². The Morgan fingerprint density at radius 3 is 1.56 bits per heavy atom. The van der Waals surface area contributed by atoms with Gasteiger partial charge in [-0.15, -0.1) is 0 Å². The van der Waals surface area contributed by atoms with Crippen molar-refractivity contribution in [1.29, 1.82) is 0 Å². The molecule has 0 aliphatic carbocycles. The molecule has 1 aromatic rings. The lowest BCUT2D eigenvalue weighted by Crippen LogP contribution is -2.23. The highest BCUT2D eigenvalue weighted by Crippen LogP contribution is 2.26. The normalized spacial score (nSPS) is 13.7. The lowest BCUT2D eigenvalue weighted by Gasteiger charge is -2.24. The molecule has 0 aliphatic rings. The first kappa shape index (κ1) is 23.7. The summed E-state index contributed by atoms with van der Waals surface area (Å²) in [4.78, 5) is 9.63. The van der Waals surface area contributed by atoms with E-state index in [2.05, 4.69) is 86.6 Å². The van der Waals surface area contributed by atoms with Crippen LogP contribution in [0.2, 0.25) is 23.8 Å². The summed E-state index contributed by atoms with van der Waals surface area (Å²) in [6.07, 6.45) is 6.24. The molecule has 4 heteroatoms. The lowest BCUT2D eigenvalue weighted by atomic mass is 9.50. The van der Waals surface area contributed by atoms with Crippen molar-refractivity contribution in [2.45, 2.75) is 97.2 Å². The Balaban J connectivity index is 2.66. The molecule has 0 spiro atoms. The van der Waals surface area contributed by atoms with Gasteiger partial charge in [0.25, 0.3) is 0 Å². The maximum Gasteiger partial charge on any atom is 0.129 e. The van der Waals surface area contributed by atoms with Crippen LogP contribution in [0.4, 0.5) is 0 Å². The quantitative estimate of drug-likeness (QED) is 0.388. The van der Waals surface area contributed by atoms with Crippen LogP contribution in [0, 0.1) is 0 Å². The van der Waals surface area contributed by atoms with Gasteiger partial charge in [0, 0.05) is 23.5 Å². The van der Waals surface area contributed by atoms with Crippen molar-refractivity contribution < 1.29 is 0 Å². The van der Waals surface area contributed by atoms with Crippen molar-refractivity contribution in [2.24, 2.45) is 9.98 Å². The van der Waals surface area contributed by atoms with Gasteiger partial charge in [-0.1, -0.05) is 82.7 Å². The number of aliphatic imine (C=N–C) groups is 2. The van der Waals surface area contributed by atoms with E-state index in [0.29, 0.717) is 5.31 Å². The minimum Gasteiger partial charge on any atom is -0.287 e. The molecule has 1 aromatic carbocycles. The molecule has 1 rings (SSSR count). The van der Waals surface area contributed by atoms with E-state index < -0.39 is 0 Å². The molecule has 0 radical (unpaired) electrons. The first-order valence-electron chi connectivity index (χ1n) is 10.5. The monoisotopic (exact) mass is 366 g/mol. The smallest absolute Gasteiger partial charge is 0.129 e. The summed E-state index contributed by atoms with van der Waals surface area (Å²) in [5.41, 5.74) is 2.28. The summed E-state index contributed by atoms with van der Waals surface area (Å²) in [5, 5.41) is 0.358. The highest BCUT2D eigenvalue weighted by atomic mass is 14.8. The topological polar surface area (TPSA) is 24.7 Å². The fraction of sp³-hybridized carbons (Fsp3) is 0.652. The van der Waals surface area contributed by atoms with Crippen LogP contribution in [-0.4, -0.2) is 38.1 Å². The van der Waals surface area contributed by atoms with Crippen molar-refractivity contribution >= 4 is 27.0 Å². The maximum absolute atomic E-state index is 4.83. The van der Waals surface area contributed by atoms with Gasteiger partial charge >= 0.3 is 0 Å². The summed E-state index contributed by atoms with van der Waals surface area (Å²) in [7, 11) is 2.39. The van der Waals surface area contributed by atoms with Crippen LogP contribution in [0.5, 0.6) is 0 Å². The summed E-state index contributed by atoms with van der Waals surface area (Å²) in [6.45, 7) is 20.3. The maximum atomic E-state index is 4.83. The van der Waals surface area contributed by atoms with Crippen LogP contribution in [0.15, 0.2) is 34.3 Å². The molecule has 0 aromatic heterocycles. The molecule has 0 N–H and O–H groups in total. The molecule has 0 bridgehead atoms. The summed E-state index contributed by atoms with van der Waals surface area (Å²) < 4.78 is 0. The molecular weight excluding hydrogens is 326 g/mol. The molecule has 0 unspecified atom stereocenters. The van der Waals surface area contributed by atoms with Gasteiger partial charge in [0.1, 0.15) is 14.6 Å². The molecule has 148 valence electrons. The summed E-state index contributed by atoms with van der Waals surface area (Å²) >= 11 is 0. The van der Waals surface area contributed by atoms with Crippen molar-refractivity contribution in [3.8, 4) is 0 Å². The van der Waals surface area contributed by atoms with Gasteiger partial charge < -0.3 is 0 Å². The van der Waals surface area contributed by atoms with Gasteiger partial charge in [0.05, 0.1) is 0 Å². The van der Waals surface area contributed by atoms with E-state index in [1.165, 1.54) is 14.6 Å². The van der Waals surface area contributed by atoms with Crippen molar-refractivity contribution in [3.05, 3.63) is 35.4 Å². The highest BCUT2D eigenvalue weighted by Gasteiger charge is 2.21. The Bertz CT molecular complexity index is 621. The zero-order chi connectivity index (χ0) is 20.7. The van der Waals surface area contributed by atoms with Crippen LogP contribution in [0.1, 0.15) is 73.4 Å². The predicted molar refractivity (Wildman–Crippen MR) is 129 cm³/mol. The van der Waals surface area contributed by atoms with E-state index in [9.17, 15) is 0 Å². The molecule has 0 fully saturated rings. The average molecular weight is 366 g/mol. The molecule has 0 saturated heterocycles. The van der Waals surface area contributed by atoms with Gasteiger partial charge in [-0.25, -0.2) is 0 Å². The minimum absolute atomic E-state index is 0.00147. The second-order valence-electron chi connectivity index (χ2n) is 10.8. The first-order valence-corrected chi connectivity index (χ1v) is 10.5. The van der Waals surface area contributed by atoms with Crippen LogP contribution >= 0.6 is 0 Å². The largest absolute Gasteiger partial charge is 0.287 e. The Morgan fingerprint density at radius 1 is 0.778 bits per heavy atom. The van der Waals surface area contributed by atoms with Crippen molar-refractivity contribution in [2.75, 3.05) is 0 Å². The standard InChI is InChI=1S/C23H40B2N2/c1-18(2)24-16-22(6,7)26-14-19-10-12-20(13-11-19)15-27-23(8,9)17-25-21(3,4)5/h10-15,18,24-25H,16-17H2,1-9H3/b26-14+,27-15+. The Hall–Kier alpha value is -1.31. The SMILES string of the molecule is CC(C)BCC(C)(C)/N=C/c1ccc(/C=N/C(C)(C)CBC(C)(C)C)cc1. The Kier molecular flexibility index (Phi) is 8.57. The average Bonchev–Trinajstić information content (AvgIpc) is 2.55. The molecule has 0 atom stereocenters. The number of nitrogens with zero attached hydrogens (tertiary/aromatic N) is 2. The zero-order valence-corrected chi connectivity index (χ0v) is 19.3. The van der Waals surface area contributed by atoms with Crippen molar-refractivity contribution in [3.63, 3.8) is 0 Å². The highest BCUT2D eigenvalue weighted by molar-refractivity contribution is 6.40. The van der Waals surface area contributed by atoms with Crippen LogP contribution in [0.25, 0.3) is 0 Å². The van der Waals surface area contributed by atoms with Crippen LogP contribution in [0.3, 0.4) is 0 Å². The van der Waals surface area contributed by atoms with Crippen LogP contribution in [-0.2, 0) is 0 Å². The number of rotatable bonds is 9. The molecule has 27 heavy (non-hydrogen) atoms. The van der Waals surface area contributed by atoms with Gasteiger partial charge in [0.2, 0.25) is 0 Å². The third kappa shape index (κ3) is 11.2. The number of benzene rings is 1. The Morgan fingerprint density at radius 2 is 1.19 bits per heavy atom. The molecule has 0 heterocycles. The first-order chi connectivity index (χ1) is 12.3. The third-order valence-electron chi connectivity index (χ3n) is 4.88. The fourth-order valence-corrected chi connectivity index (χ4v) is 2.62. The van der Waals surface area contributed by atoms with E-state index in [0.717, 1.165) is 29.6 Å². The lowest BCUT2D eigenvalue weighted by molar-refractivity contribution is 0.573. The van der Waals surface area contributed by atoms with Crippen molar-refractivity contribution in [1.82, 2.24) is 0 Å². The molecule has 0 aliphatic heterocycles. The fourth-order valence-electron chi connectivity index (χ4n) is 2.62. The molecule has 2 nitrogen and oxygen atoms in total. The van der Waals surface area contributed by atoms with Crippen LogP contribution < -0.4 is 0 Å². The summed E-state index contributed by atoms with van der Waals surface area (Å²) in [5.74, 6) is 0.727. The van der Waals surface area contributed by atoms with E-state index >= 15 is 0 Å². The van der Waals surface area contributed by atoms with E-state index in [1.807, 2.05) is 12.4 Å². The van der Waals surface area contributed by atoms with E-state index in [1.54, 1.807) is 0 Å². The second-order valence-corrected chi connectivity index (χ2v) is 10.8. The van der Waals surface area contributed by atoms with Gasteiger partial charge in [0.15, 0.2) is 0 Å². The predicted octanol–water partition coefficient (Wildman–Crippen LogP) is 5.84. The Labute approximate surface area is 169 Å². The molecule has 0 amide bonds. The second kappa shape index (κ2) is 9.75. The number of hydrogen-bond donors (Lipinski definition) is 0. The van der Waals surface area contributed by atoms with Gasteiger partial charge in [-0.2, -0.15) is 0 Å². The minimum atomic E-state index is -0.0200. The third-order valence-corrected chi connectivity index (χ3v) is 4.88.